The number of aliphatic hydroxyl groups excluding tert-OH is 1. The Balaban J connectivity index is 2.98. The minimum atomic E-state index is -1.36. The smallest absolute Gasteiger partial charge is 0.408 e. The van der Waals surface area contributed by atoms with Gasteiger partial charge in [0.15, 0.2) is 6.10 Å². The third-order valence-corrected chi connectivity index (χ3v) is 3.38. The van der Waals surface area contributed by atoms with E-state index in [1.54, 1.807) is 34.6 Å². The summed E-state index contributed by atoms with van der Waals surface area (Å²) in [5.41, 5.74) is 0.119. The number of hydrogen-bond acceptors (Lipinski definition) is 5. The predicted molar refractivity (Wildman–Crippen MR) is 90.4 cm³/mol. The summed E-state index contributed by atoms with van der Waals surface area (Å²) in [6, 6.07) is 8.53. The van der Waals surface area contributed by atoms with E-state index in [0.29, 0.717) is 0 Å². The van der Waals surface area contributed by atoms with Crippen molar-refractivity contribution in [1.82, 2.24) is 5.32 Å². The van der Waals surface area contributed by atoms with E-state index >= 15 is 0 Å². The lowest BCUT2D eigenvalue weighted by molar-refractivity contribution is -0.156. The average molecular weight is 337 g/mol. The van der Waals surface area contributed by atoms with Gasteiger partial charge in [-0.15, -0.1) is 0 Å². The van der Waals surface area contributed by atoms with E-state index in [4.69, 9.17) is 9.47 Å². The lowest BCUT2D eigenvalue weighted by Crippen LogP contribution is -2.42. The largest absolute Gasteiger partial charge is 0.464 e. The molecule has 0 aliphatic heterocycles. The Morgan fingerprint density at radius 2 is 1.79 bits per heavy atom. The van der Waals surface area contributed by atoms with Crippen molar-refractivity contribution in [3.63, 3.8) is 0 Å². The molecule has 0 fully saturated rings. The molecule has 0 heterocycles. The number of hydrogen-bond donors (Lipinski definition) is 2. The van der Waals surface area contributed by atoms with E-state index in [1.165, 1.54) is 0 Å². The molecule has 1 aromatic carbocycles. The molecular formula is C18H27NO5. The van der Waals surface area contributed by atoms with Crippen LogP contribution in [0, 0.1) is 5.92 Å². The van der Waals surface area contributed by atoms with E-state index in [0.717, 1.165) is 5.56 Å². The molecule has 6 heteroatoms. The van der Waals surface area contributed by atoms with Crippen molar-refractivity contribution in [3.05, 3.63) is 35.9 Å². The standard InChI is InChI=1S/C18H27NO5/c1-6-23-16(21)15(20)12(2)14(13-10-8-7-9-11-13)19-17(22)24-18(3,4)5/h7-12,14-15,20H,6H2,1-5H3,(H,19,22)/t12?,14-,15+/m0/s1. The van der Waals surface area contributed by atoms with Crippen LogP contribution in [0.5, 0.6) is 0 Å². The lowest BCUT2D eigenvalue weighted by Gasteiger charge is -2.29. The second kappa shape index (κ2) is 8.68. The molecule has 0 saturated heterocycles. The van der Waals surface area contributed by atoms with Crippen molar-refractivity contribution in [3.8, 4) is 0 Å². The summed E-state index contributed by atoms with van der Waals surface area (Å²) in [6.45, 7) is 8.82. The van der Waals surface area contributed by atoms with E-state index in [9.17, 15) is 14.7 Å². The summed E-state index contributed by atoms with van der Waals surface area (Å²) in [6.07, 6.45) is -1.97. The predicted octanol–water partition coefficient (Wildman–Crippen LogP) is 2.81. The molecule has 6 nitrogen and oxygen atoms in total. The quantitative estimate of drug-likeness (QED) is 0.780. The van der Waals surface area contributed by atoms with Gasteiger partial charge in [0.25, 0.3) is 0 Å². The Kier molecular flexibility index (Phi) is 7.22. The summed E-state index contributed by atoms with van der Waals surface area (Å²) in [5.74, 6) is -1.31. The Bertz CT molecular complexity index is 538. The SMILES string of the molecule is CCOC(=O)[C@H](O)C(C)[C@H](NC(=O)OC(C)(C)C)c1ccccc1. The van der Waals surface area contributed by atoms with Gasteiger partial charge < -0.3 is 19.9 Å². The Labute approximate surface area is 143 Å². The van der Waals surface area contributed by atoms with E-state index < -0.39 is 35.7 Å². The van der Waals surface area contributed by atoms with Gasteiger partial charge in [0.2, 0.25) is 0 Å². The molecule has 0 aliphatic rings. The first kappa shape index (κ1) is 20.0. The molecular weight excluding hydrogens is 310 g/mol. The summed E-state index contributed by atoms with van der Waals surface area (Å²) < 4.78 is 10.1. The van der Waals surface area contributed by atoms with Crippen molar-refractivity contribution in [2.24, 2.45) is 5.92 Å². The molecule has 0 radical (unpaired) electrons. The molecule has 1 unspecified atom stereocenters. The van der Waals surface area contributed by atoms with Crippen LogP contribution in [-0.4, -0.2) is 35.5 Å². The zero-order valence-corrected chi connectivity index (χ0v) is 14.9. The van der Waals surface area contributed by atoms with Crippen LogP contribution in [-0.2, 0) is 14.3 Å². The number of aliphatic hydroxyl groups is 1. The molecule has 3 atom stereocenters. The number of nitrogens with one attached hydrogen (secondary N) is 1. The first-order valence-corrected chi connectivity index (χ1v) is 8.05. The summed E-state index contributed by atoms with van der Waals surface area (Å²) in [4.78, 5) is 24.0. The van der Waals surface area contributed by atoms with Crippen LogP contribution in [0.1, 0.15) is 46.2 Å². The maximum Gasteiger partial charge on any atom is 0.408 e. The second-order valence-corrected chi connectivity index (χ2v) is 6.59. The first-order chi connectivity index (χ1) is 11.2. The molecule has 1 aromatic rings. The summed E-state index contributed by atoms with van der Waals surface area (Å²) >= 11 is 0. The average Bonchev–Trinajstić information content (AvgIpc) is 2.50. The number of benzene rings is 1. The first-order valence-electron chi connectivity index (χ1n) is 8.05. The summed E-state index contributed by atoms with van der Waals surface area (Å²) in [5, 5.41) is 13.0. The van der Waals surface area contributed by atoms with Gasteiger partial charge in [-0.05, 0) is 33.3 Å². The fourth-order valence-electron chi connectivity index (χ4n) is 2.24. The van der Waals surface area contributed by atoms with E-state index in [2.05, 4.69) is 5.32 Å². The molecule has 0 aromatic heterocycles. The van der Waals surface area contributed by atoms with Crippen LogP contribution < -0.4 is 5.32 Å². The van der Waals surface area contributed by atoms with Crippen molar-refractivity contribution < 1.29 is 24.2 Å². The maximum atomic E-state index is 12.1. The number of carbonyl (C=O) groups is 2. The third-order valence-electron chi connectivity index (χ3n) is 3.38. The van der Waals surface area contributed by atoms with Gasteiger partial charge in [0, 0.05) is 5.92 Å². The van der Waals surface area contributed by atoms with Crippen LogP contribution in [0.15, 0.2) is 30.3 Å². The molecule has 134 valence electrons. The van der Waals surface area contributed by atoms with Crippen LogP contribution in [0.3, 0.4) is 0 Å². The maximum absolute atomic E-state index is 12.1. The molecule has 0 saturated carbocycles. The highest BCUT2D eigenvalue weighted by Crippen LogP contribution is 2.26. The zero-order valence-electron chi connectivity index (χ0n) is 14.9. The molecule has 0 bridgehead atoms. The third kappa shape index (κ3) is 6.20. The van der Waals surface area contributed by atoms with Crippen LogP contribution in [0.4, 0.5) is 4.79 Å². The molecule has 0 aliphatic carbocycles. The Morgan fingerprint density at radius 1 is 1.21 bits per heavy atom. The number of amides is 1. The number of esters is 1. The Morgan fingerprint density at radius 3 is 2.29 bits per heavy atom. The van der Waals surface area contributed by atoms with Gasteiger partial charge >= 0.3 is 12.1 Å². The molecule has 1 rings (SSSR count). The number of rotatable bonds is 6. The second-order valence-electron chi connectivity index (χ2n) is 6.59. The Hall–Kier alpha value is -2.08. The highest BCUT2D eigenvalue weighted by molar-refractivity contribution is 5.75. The van der Waals surface area contributed by atoms with Crippen molar-refractivity contribution >= 4 is 12.1 Å². The van der Waals surface area contributed by atoms with Crippen LogP contribution in [0.2, 0.25) is 0 Å². The minimum absolute atomic E-state index is 0.179. The normalized spacial score (nSPS) is 15.1. The molecule has 24 heavy (non-hydrogen) atoms. The van der Waals surface area contributed by atoms with Crippen molar-refractivity contribution in [2.75, 3.05) is 6.61 Å². The van der Waals surface area contributed by atoms with Gasteiger partial charge in [-0.25, -0.2) is 9.59 Å². The van der Waals surface area contributed by atoms with Gasteiger partial charge in [-0.2, -0.15) is 0 Å². The molecule has 1 amide bonds. The zero-order chi connectivity index (χ0) is 18.3. The summed E-state index contributed by atoms with van der Waals surface area (Å²) in [7, 11) is 0. The van der Waals surface area contributed by atoms with E-state index in [1.807, 2.05) is 30.3 Å². The number of carbonyl (C=O) groups excluding carboxylic acids is 2. The molecule has 2 N–H and O–H groups in total. The van der Waals surface area contributed by atoms with Crippen LogP contribution >= 0.6 is 0 Å². The van der Waals surface area contributed by atoms with Crippen LogP contribution in [0.25, 0.3) is 0 Å². The van der Waals surface area contributed by atoms with Gasteiger partial charge in [0.1, 0.15) is 5.60 Å². The topological polar surface area (TPSA) is 84.9 Å². The van der Waals surface area contributed by atoms with Gasteiger partial charge in [-0.1, -0.05) is 37.3 Å². The highest BCUT2D eigenvalue weighted by atomic mass is 16.6. The fourth-order valence-corrected chi connectivity index (χ4v) is 2.24. The minimum Gasteiger partial charge on any atom is -0.464 e. The monoisotopic (exact) mass is 337 g/mol. The lowest BCUT2D eigenvalue weighted by atomic mass is 9.90. The number of alkyl carbamates (subject to hydrolysis) is 1. The molecule has 0 spiro atoms. The van der Waals surface area contributed by atoms with Gasteiger partial charge in [0.05, 0.1) is 12.6 Å². The number of ether oxygens (including phenoxy) is 2. The van der Waals surface area contributed by atoms with E-state index in [-0.39, 0.29) is 6.61 Å². The van der Waals surface area contributed by atoms with Gasteiger partial charge in [-0.3, -0.25) is 0 Å². The van der Waals surface area contributed by atoms with Crippen molar-refractivity contribution in [1.29, 1.82) is 0 Å². The fraction of sp³-hybridized carbons (Fsp3) is 0.556. The highest BCUT2D eigenvalue weighted by Gasteiger charge is 2.33. The van der Waals surface area contributed by atoms with Crippen molar-refractivity contribution in [2.45, 2.75) is 52.4 Å².